The van der Waals surface area contributed by atoms with E-state index in [1.165, 1.54) is 23.7 Å². The van der Waals surface area contributed by atoms with E-state index in [0.717, 1.165) is 27.8 Å². The van der Waals surface area contributed by atoms with Crippen molar-refractivity contribution in [1.82, 2.24) is 19.3 Å². The molecule has 2 N–H and O–H groups in total. The number of halogens is 1. The summed E-state index contributed by atoms with van der Waals surface area (Å²) in [6, 6.07) is 4.55. The smallest absolute Gasteiger partial charge is 0.202 e. The van der Waals surface area contributed by atoms with Gasteiger partial charge in [-0.05, 0) is 18.2 Å². The van der Waals surface area contributed by atoms with Crippen LogP contribution in [0.5, 0.6) is 0 Å². The summed E-state index contributed by atoms with van der Waals surface area (Å²) in [5.74, 6) is 1.77. The molecular formula is C14H16FN5S. The summed E-state index contributed by atoms with van der Waals surface area (Å²) in [5.41, 5.74) is 1.51. The normalized spacial score (nSPS) is 11.4. The number of nitrogens with zero attached hydrogens (tertiary/aromatic N) is 3. The van der Waals surface area contributed by atoms with Gasteiger partial charge in [-0.15, -0.1) is 0 Å². The Morgan fingerprint density at radius 3 is 2.95 bits per heavy atom. The highest BCUT2D eigenvalue weighted by Gasteiger charge is 2.08. The number of fused-ring (bicyclic) bond motifs is 1. The van der Waals surface area contributed by atoms with Crippen molar-refractivity contribution in [2.24, 2.45) is 0 Å². The molecule has 2 aromatic heterocycles. The Hall–Kier alpha value is -2.02. The largest absolute Gasteiger partial charge is 0.360 e. The highest BCUT2D eigenvalue weighted by Crippen LogP contribution is 2.17. The van der Waals surface area contributed by atoms with Gasteiger partial charge in [-0.25, -0.2) is 14.4 Å². The summed E-state index contributed by atoms with van der Waals surface area (Å²) in [6.45, 7) is 4.84. The highest BCUT2D eigenvalue weighted by atomic mass is 32.1. The highest BCUT2D eigenvalue weighted by molar-refractivity contribution is 7.09. The predicted octanol–water partition coefficient (Wildman–Crippen LogP) is 3.33. The molecule has 5 nitrogen and oxygen atoms in total. The van der Waals surface area contributed by atoms with E-state index >= 15 is 0 Å². The molecule has 3 aromatic rings. The predicted molar refractivity (Wildman–Crippen MR) is 82.2 cm³/mol. The van der Waals surface area contributed by atoms with Crippen LogP contribution in [0.15, 0.2) is 18.2 Å². The summed E-state index contributed by atoms with van der Waals surface area (Å²) in [7, 11) is 0. The summed E-state index contributed by atoms with van der Waals surface area (Å²) in [6.07, 6.45) is 0.715. The van der Waals surface area contributed by atoms with Crippen LogP contribution >= 0.6 is 11.5 Å². The SMILES string of the molecule is CC(C)c1nsc(NCCc2nc3ccc(F)cc3[nH]2)n1. The molecule has 0 unspecified atom stereocenters. The molecule has 0 atom stereocenters. The number of aromatic amines is 1. The second-order valence-corrected chi connectivity index (χ2v) is 5.89. The first kappa shape index (κ1) is 13.9. The van der Waals surface area contributed by atoms with Crippen molar-refractivity contribution in [2.75, 3.05) is 11.9 Å². The third-order valence-corrected chi connectivity index (χ3v) is 3.78. The second kappa shape index (κ2) is 5.77. The van der Waals surface area contributed by atoms with E-state index in [4.69, 9.17) is 0 Å². The molecule has 0 saturated carbocycles. The minimum atomic E-state index is -0.258. The number of aromatic nitrogens is 4. The molecule has 7 heteroatoms. The standard InChI is InChI=1S/C14H16FN5S/c1-8(2)13-19-14(21-20-13)16-6-5-12-17-10-4-3-9(15)7-11(10)18-12/h3-4,7-8H,5-6H2,1-2H3,(H,17,18)(H,16,19,20). The van der Waals surface area contributed by atoms with Crippen LogP contribution in [0.4, 0.5) is 9.52 Å². The van der Waals surface area contributed by atoms with E-state index in [-0.39, 0.29) is 5.82 Å². The van der Waals surface area contributed by atoms with Gasteiger partial charge in [0, 0.05) is 30.4 Å². The van der Waals surface area contributed by atoms with E-state index in [0.29, 0.717) is 18.9 Å². The maximum atomic E-state index is 13.1. The van der Waals surface area contributed by atoms with Gasteiger partial charge in [0.15, 0.2) is 0 Å². The number of anilines is 1. The minimum Gasteiger partial charge on any atom is -0.360 e. The van der Waals surface area contributed by atoms with Gasteiger partial charge in [0.1, 0.15) is 17.5 Å². The van der Waals surface area contributed by atoms with Gasteiger partial charge < -0.3 is 10.3 Å². The van der Waals surface area contributed by atoms with Crippen molar-refractivity contribution in [3.05, 3.63) is 35.7 Å². The van der Waals surface area contributed by atoms with Gasteiger partial charge >= 0.3 is 0 Å². The number of hydrogen-bond acceptors (Lipinski definition) is 5. The second-order valence-electron chi connectivity index (χ2n) is 5.13. The number of rotatable bonds is 5. The monoisotopic (exact) mass is 305 g/mol. The maximum absolute atomic E-state index is 13.1. The van der Waals surface area contributed by atoms with Crippen molar-refractivity contribution in [3.8, 4) is 0 Å². The van der Waals surface area contributed by atoms with Crippen LogP contribution in [0, 0.1) is 5.82 Å². The van der Waals surface area contributed by atoms with E-state index in [1.54, 1.807) is 6.07 Å². The molecule has 1 aromatic carbocycles. The molecule has 0 saturated heterocycles. The summed E-state index contributed by atoms with van der Waals surface area (Å²) >= 11 is 1.37. The zero-order chi connectivity index (χ0) is 14.8. The fourth-order valence-electron chi connectivity index (χ4n) is 1.98. The van der Waals surface area contributed by atoms with Gasteiger partial charge in [0.05, 0.1) is 11.0 Å². The van der Waals surface area contributed by atoms with Gasteiger partial charge in [0.25, 0.3) is 0 Å². The van der Waals surface area contributed by atoms with Crippen LogP contribution in [0.3, 0.4) is 0 Å². The quantitative estimate of drug-likeness (QED) is 0.759. The average Bonchev–Trinajstić information content (AvgIpc) is 3.04. The van der Waals surface area contributed by atoms with Gasteiger partial charge in [-0.1, -0.05) is 13.8 Å². The van der Waals surface area contributed by atoms with Crippen LogP contribution in [-0.2, 0) is 6.42 Å². The lowest BCUT2D eigenvalue weighted by atomic mass is 10.2. The van der Waals surface area contributed by atoms with Crippen molar-refractivity contribution in [3.63, 3.8) is 0 Å². The van der Waals surface area contributed by atoms with Crippen molar-refractivity contribution >= 4 is 27.7 Å². The lowest BCUT2D eigenvalue weighted by Crippen LogP contribution is -2.05. The average molecular weight is 305 g/mol. The lowest BCUT2D eigenvalue weighted by Gasteiger charge is -1.99. The molecule has 0 radical (unpaired) electrons. The molecule has 0 aliphatic carbocycles. The lowest BCUT2D eigenvalue weighted by molar-refractivity contribution is 0.629. The van der Waals surface area contributed by atoms with Crippen molar-refractivity contribution in [1.29, 1.82) is 0 Å². The van der Waals surface area contributed by atoms with E-state index in [1.807, 2.05) is 0 Å². The third kappa shape index (κ3) is 3.18. The van der Waals surface area contributed by atoms with Gasteiger partial charge in [0.2, 0.25) is 5.13 Å². The van der Waals surface area contributed by atoms with Crippen LogP contribution in [-0.4, -0.2) is 25.9 Å². The number of hydrogen-bond donors (Lipinski definition) is 2. The zero-order valence-electron chi connectivity index (χ0n) is 11.9. The number of H-pyrrole nitrogens is 1. The molecule has 0 aliphatic rings. The Kier molecular flexibility index (Phi) is 3.83. The van der Waals surface area contributed by atoms with Crippen LogP contribution in [0.1, 0.15) is 31.4 Å². The molecule has 0 amide bonds. The molecule has 0 aliphatic heterocycles. The van der Waals surface area contributed by atoms with Gasteiger partial charge in [-0.3, -0.25) is 0 Å². The van der Waals surface area contributed by atoms with E-state index < -0.39 is 0 Å². The fourth-order valence-corrected chi connectivity index (χ4v) is 2.71. The van der Waals surface area contributed by atoms with E-state index in [2.05, 4.69) is 38.5 Å². The summed E-state index contributed by atoms with van der Waals surface area (Å²) < 4.78 is 17.4. The van der Waals surface area contributed by atoms with Crippen molar-refractivity contribution in [2.45, 2.75) is 26.2 Å². The fraction of sp³-hybridized carbons (Fsp3) is 0.357. The molecule has 0 fully saturated rings. The van der Waals surface area contributed by atoms with Crippen molar-refractivity contribution < 1.29 is 4.39 Å². The van der Waals surface area contributed by atoms with Crippen LogP contribution < -0.4 is 5.32 Å². The molecule has 3 rings (SSSR count). The minimum absolute atomic E-state index is 0.258. The Labute approximate surface area is 125 Å². The van der Waals surface area contributed by atoms with E-state index in [9.17, 15) is 4.39 Å². The number of imidazole rings is 1. The first-order valence-electron chi connectivity index (χ1n) is 6.83. The number of nitrogens with one attached hydrogen (secondary N) is 2. The summed E-state index contributed by atoms with van der Waals surface area (Å²) in [5, 5.41) is 4.06. The molecule has 2 heterocycles. The van der Waals surface area contributed by atoms with Gasteiger partial charge in [-0.2, -0.15) is 4.37 Å². The summed E-state index contributed by atoms with van der Waals surface area (Å²) in [4.78, 5) is 12.0. The number of benzene rings is 1. The van der Waals surface area contributed by atoms with Crippen LogP contribution in [0.2, 0.25) is 0 Å². The third-order valence-electron chi connectivity index (χ3n) is 3.09. The molecule has 0 bridgehead atoms. The van der Waals surface area contributed by atoms with Crippen LogP contribution in [0.25, 0.3) is 11.0 Å². The zero-order valence-corrected chi connectivity index (χ0v) is 12.7. The molecule has 0 spiro atoms. The molecule has 110 valence electrons. The first-order chi connectivity index (χ1) is 10.1. The Balaban J connectivity index is 1.60. The molecule has 21 heavy (non-hydrogen) atoms. The Bertz CT molecular complexity index is 749. The Morgan fingerprint density at radius 2 is 2.19 bits per heavy atom. The molecular weight excluding hydrogens is 289 g/mol. The maximum Gasteiger partial charge on any atom is 0.202 e. The topological polar surface area (TPSA) is 66.5 Å². The first-order valence-corrected chi connectivity index (χ1v) is 7.61. The Morgan fingerprint density at radius 1 is 1.33 bits per heavy atom.